The van der Waals surface area contributed by atoms with Gasteiger partial charge in [-0.3, -0.25) is 19.7 Å². The quantitative estimate of drug-likeness (QED) is 0.483. The second-order valence-corrected chi connectivity index (χ2v) is 5.22. The molecular weight excluding hydrogens is 292 g/mol. The Labute approximate surface area is 126 Å². The molecule has 0 fully saturated rings. The van der Waals surface area contributed by atoms with Gasteiger partial charge in [0, 0.05) is 12.7 Å². The molecule has 1 rings (SSSR count). The van der Waals surface area contributed by atoms with Crippen molar-refractivity contribution in [1.29, 1.82) is 0 Å². The molecule has 1 aromatic heterocycles. The van der Waals surface area contributed by atoms with Gasteiger partial charge in [-0.1, -0.05) is 13.8 Å². The highest BCUT2D eigenvalue weighted by Gasteiger charge is 2.26. The highest BCUT2D eigenvalue weighted by Crippen LogP contribution is 2.26. The number of carboxylic acids is 1. The van der Waals surface area contributed by atoms with E-state index < -0.39 is 28.4 Å². The first-order valence-electron chi connectivity index (χ1n) is 6.63. The third kappa shape index (κ3) is 4.40. The maximum atomic E-state index is 11.2. The number of primary amides is 1. The van der Waals surface area contributed by atoms with Crippen LogP contribution < -0.4 is 11.1 Å². The van der Waals surface area contributed by atoms with Crippen molar-refractivity contribution in [2.24, 2.45) is 17.6 Å². The minimum atomic E-state index is -1.00. The van der Waals surface area contributed by atoms with Crippen LogP contribution in [-0.2, 0) is 4.79 Å². The molecule has 0 aromatic carbocycles. The van der Waals surface area contributed by atoms with Crippen LogP contribution in [0.3, 0.4) is 0 Å². The van der Waals surface area contributed by atoms with Crippen LogP contribution in [0.15, 0.2) is 12.3 Å². The lowest BCUT2D eigenvalue weighted by Crippen LogP contribution is -2.25. The molecule has 1 amide bonds. The maximum Gasteiger partial charge on any atom is 0.324 e. The van der Waals surface area contributed by atoms with E-state index in [-0.39, 0.29) is 23.8 Å². The predicted molar refractivity (Wildman–Crippen MR) is 78.5 cm³/mol. The molecular formula is C13H18N4O5. The summed E-state index contributed by atoms with van der Waals surface area (Å²) in [4.78, 5) is 36.6. The number of carbonyl (C=O) groups excluding carboxylic acids is 1. The first-order valence-corrected chi connectivity index (χ1v) is 6.63. The van der Waals surface area contributed by atoms with Gasteiger partial charge in [0.2, 0.25) is 5.82 Å². The molecule has 1 aromatic rings. The van der Waals surface area contributed by atoms with Gasteiger partial charge in [0.15, 0.2) is 0 Å². The minimum Gasteiger partial charge on any atom is -0.481 e. The Hall–Kier alpha value is -2.71. The second kappa shape index (κ2) is 7.34. The van der Waals surface area contributed by atoms with Crippen LogP contribution in [0.5, 0.6) is 0 Å². The number of aromatic nitrogens is 1. The Morgan fingerprint density at radius 1 is 1.50 bits per heavy atom. The molecule has 0 aliphatic heterocycles. The van der Waals surface area contributed by atoms with Crippen molar-refractivity contribution in [2.75, 3.05) is 11.9 Å². The first kappa shape index (κ1) is 17.3. The molecule has 0 radical (unpaired) electrons. The summed E-state index contributed by atoms with van der Waals surface area (Å²) in [5.41, 5.74) is 4.27. The number of amides is 1. The van der Waals surface area contributed by atoms with Crippen molar-refractivity contribution in [2.45, 2.75) is 20.3 Å². The van der Waals surface area contributed by atoms with Gasteiger partial charge in [0.05, 0.1) is 10.8 Å². The molecule has 120 valence electrons. The van der Waals surface area contributed by atoms with Crippen molar-refractivity contribution in [3.8, 4) is 0 Å². The number of nitrogens with two attached hydrogens (primary N) is 1. The number of carbonyl (C=O) groups is 2. The number of aliphatic carboxylic acids is 1. The van der Waals surface area contributed by atoms with Crippen molar-refractivity contribution in [1.82, 2.24) is 4.98 Å². The van der Waals surface area contributed by atoms with Gasteiger partial charge in [-0.05, 0) is 18.4 Å². The normalized spacial score (nSPS) is 12.0. The van der Waals surface area contributed by atoms with Crippen LogP contribution in [0.25, 0.3) is 0 Å². The topological polar surface area (TPSA) is 148 Å². The van der Waals surface area contributed by atoms with E-state index in [0.717, 1.165) is 6.07 Å². The largest absolute Gasteiger partial charge is 0.481 e. The van der Waals surface area contributed by atoms with Gasteiger partial charge >= 0.3 is 11.7 Å². The molecule has 0 saturated carbocycles. The Balaban J connectivity index is 3.02. The lowest BCUT2D eigenvalue weighted by atomic mass is 9.97. The van der Waals surface area contributed by atoms with Gasteiger partial charge in [-0.2, -0.15) is 0 Å². The molecule has 0 aliphatic carbocycles. The van der Waals surface area contributed by atoms with E-state index in [1.807, 2.05) is 13.8 Å². The fourth-order valence-corrected chi connectivity index (χ4v) is 2.03. The fraction of sp³-hybridized carbons (Fsp3) is 0.462. The zero-order valence-corrected chi connectivity index (χ0v) is 12.3. The van der Waals surface area contributed by atoms with Gasteiger partial charge in [-0.25, -0.2) is 4.98 Å². The van der Waals surface area contributed by atoms with Crippen LogP contribution in [0.1, 0.15) is 30.6 Å². The average Bonchev–Trinajstić information content (AvgIpc) is 2.41. The van der Waals surface area contributed by atoms with Gasteiger partial charge < -0.3 is 16.2 Å². The maximum absolute atomic E-state index is 11.2. The smallest absolute Gasteiger partial charge is 0.324 e. The number of carboxylic acid groups (broad SMARTS) is 1. The summed E-state index contributed by atoms with van der Waals surface area (Å²) in [6, 6.07) is 1.15. The Bertz CT molecular complexity index is 588. The first-order chi connectivity index (χ1) is 10.2. The average molecular weight is 310 g/mol. The summed E-state index contributed by atoms with van der Waals surface area (Å²) in [6.07, 6.45) is 1.61. The third-order valence-electron chi connectivity index (χ3n) is 2.99. The number of rotatable bonds is 8. The summed E-state index contributed by atoms with van der Waals surface area (Å²) < 4.78 is 0. The number of hydrogen-bond acceptors (Lipinski definition) is 6. The highest BCUT2D eigenvalue weighted by molar-refractivity contribution is 5.98. The molecule has 0 aliphatic rings. The third-order valence-corrected chi connectivity index (χ3v) is 2.99. The van der Waals surface area contributed by atoms with Crippen LogP contribution in [0.4, 0.5) is 11.5 Å². The monoisotopic (exact) mass is 310 g/mol. The second-order valence-electron chi connectivity index (χ2n) is 5.22. The highest BCUT2D eigenvalue weighted by atomic mass is 16.6. The van der Waals surface area contributed by atoms with Crippen LogP contribution in [-0.4, -0.2) is 33.4 Å². The van der Waals surface area contributed by atoms with E-state index in [0.29, 0.717) is 6.42 Å². The van der Waals surface area contributed by atoms with E-state index in [1.54, 1.807) is 0 Å². The van der Waals surface area contributed by atoms with Crippen molar-refractivity contribution in [3.63, 3.8) is 0 Å². The summed E-state index contributed by atoms with van der Waals surface area (Å²) in [6.45, 7) is 3.72. The lowest BCUT2D eigenvalue weighted by molar-refractivity contribution is -0.384. The Morgan fingerprint density at radius 3 is 2.59 bits per heavy atom. The van der Waals surface area contributed by atoms with Crippen LogP contribution in [0.2, 0.25) is 0 Å². The molecule has 1 heterocycles. The van der Waals surface area contributed by atoms with E-state index in [1.165, 1.54) is 6.20 Å². The van der Waals surface area contributed by atoms with Gasteiger partial charge in [-0.15, -0.1) is 0 Å². The molecule has 9 nitrogen and oxygen atoms in total. The summed E-state index contributed by atoms with van der Waals surface area (Å²) in [5.74, 6) is -2.69. The van der Waals surface area contributed by atoms with Crippen LogP contribution in [0, 0.1) is 22.0 Å². The van der Waals surface area contributed by atoms with E-state index >= 15 is 0 Å². The molecule has 4 N–H and O–H groups in total. The number of nitrogens with one attached hydrogen (secondary N) is 1. The molecule has 0 spiro atoms. The summed E-state index contributed by atoms with van der Waals surface area (Å²) >= 11 is 0. The van der Waals surface area contributed by atoms with E-state index in [2.05, 4.69) is 10.3 Å². The Kier molecular flexibility index (Phi) is 5.79. The number of nitrogens with zero attached hydrogens (tertiary/aromatic N) is 2. The predicted octanol–water partition coefficient (Wildman–Crippen LogP) is 1.25. The zero-order valence-electron chi connectivity index (χ0n) is 12.3. The number of pyridine rings is 1. The van der Waals surface area contributed by atoms with E-state index in [9.17, 15) is 19.7 Å². The molecule has 1 unspecified atom stereocenters. The van der Waals surface area contributed by atoms with E-state index in [4.69, 9.17) is 10.8 Å². The lowest BCUT2D eigenvalue weighted by Gasteiger charge is -2.16. The van der Waals surface area contributed by atoms with Crippen LogP contribution >= 0.6 is 0 Å². The SMILES string of the molecule is CC(C)CC(CNc1nccc(C(N)=O)c1[N+](=O)[O-])C(=O)O. The Morgan fingerprint density at radius 2 is 2.14 bits per heavy atom. The van der Waals surface area contributed by atoms with Crippen molar-refractivity contribution >= 4 is 23.4 Å². The standard InChI is InChI=1S/C13H18N4O5/c1-7(2)5-8(13(19)20)6-16-12-10(17(21)22)9(11(14)18)3-4-15-12/h3-4,7-8H,5-6H2,1-2H3,(H2,14,18)(H,15,16)(H,19,20). The molecule has 0 bridgehead atoms. The van der Waals surface area contributed by atoms with Crippen molar-refractivity contribution in [3.05, 3.63) is 27.9 Å². The molecule has 1 atom stereocenters. The summed E-state index contributed by atoms with van der Waals surface area (Å²) in [7, 11) is 0. The molecule has 9 heteroatoms. The zero-order chi connectivity index (χ0) is 16.9. The number of nitro groups is 1. The van der Waals surface area contributed by atoms with Gasteiger partial charge in [0.25, 0.3) is 5.91 Å². The van der Waals surface area contributed by atoms with Gasteiger partial charge in [0.1, 0.15) is 5.56 Å². The molecule has 22 heavy (non-hydrogen) atoms. The minimum absolute atomic E-state index is 0.0381. The molecule has 0 saturated heterocycles. The summed E-state index contributed by atoms with van der Waals surface area (Å²) in [5, 5.41) is 22.9. The number of hydrogen-bond donors (Lipinski definition) is 3. The fourth-order valence-electron chi connectivity index (χ4n) is 2.03. The van der Waals surface area contributed by atoms with Crippen molar-refractivity contribution < 1.29 is 19.6 Å². The number of anilines is 1.